The number of hydrogen-bond donors (Lipinski definition) is 1. The molecule has 1 N–H and O–H groups in total. The van der Waals surface area contributed by atoms with Gasteiger partial charge in [-0.3, -0.25) is 0 Å². The Kier molecular flexibility index (Phi) is 6.17. The Bertz CT molecular complexity index is 789. The number of ether oxygens (including phenoxy) is 1. The quantitative estimate of drug-likeness (QED) is 0.800. The van der Waals surface area contributed by atoms with Gasteiger partial charge in [0.25, 0.3) is 0 Å². The first-order valence-electron chi connectivity index (χ1n) is 6.61. The third-order valence-corrected chi connectivity index (χ3v) is 5.57. The smallest absolute Gasteiger partial charge is 0.244 e. The Morgan fingerprint density at radius 1 is 1.09 bits per heavy atom. The van der Waals surface area contributed by atoms with Gasteiger partial charge in [0.2, 0.25) is 10.0 Å². The molecular formula is C15H14Cl3NO3S. The molecular weight excluding hydrogens is 381 g/mol. The van der Waals surface area contributed by atoms with Crippen LogP contribution >= 0.6 is 34.8 Å². The van der Waals surface area contributed by atoms with Gasteiger partial charge in [-0.15, -0.1) is 0 Å². The lowest BCUT2D eigenvalue weighted by Gasteiger charge is -2.12. The largest absolute Gasteiger partial charge is 0.495 e. The van der Waals surface area contributed by atoms with Gasteiger partial charge in [-0.1, -0.05) is 40.9 Å². The van der Waals surface area contributed by atoms with Crippen molar-refractivity contribution < 1.29 is 13.2 Å². The molecule has 0 amide bonds. The van der Waals surface area contributed by atoms with Crippen LogP contribution in [0.25, 0.3) is 0 Å². The summed E-state index contributed by atoms with van der Waals surface area (Å²) in [5.74, 6) is 0.220. The summed E-state index contributed by atoms with van der Waals surface area (Å²) in [6.07, 6.45) is 0.362. The van der Waals surface area contributed by atoms with Gasteiger partial charge < -0.3 is 4.74 Å². The van der Waals surface area contributed by atoms with Crippen LogP contribution in [0.4, 0.5) is 0 Å². The van der Waals surface area contributed by atoms with E-state index in [1.54, 1.807) is 24.3 Å². The van der Waals surface area contributed by atoms with E-state index in [0.29, 0.717) is 27.1 Å². The highest BCUT2D eigenvalue weighted by Crippen LogP contribution is 2.27. The maximum atomic E-state index is 12.4. The van der Waals surface area contributed by atoms with E-state index < -0.39 is 10.0 Å². The first-order valence-corrected chi connectivity index (χ1v) is 9.23. The van der Waals surface area contributed by atoms with E-state index in [-0.39, 0.29) is 17.2 Å². The summed E-state index contributed by atoms with van der Waals surface area (Å²) in [5.41, 5.74) is 0.691. The van der Waals surface area contributed by atoms with Gasteiger partial charge in [-0.05, 0) is 42.3 Å². The molecule has 0 atom stereocenters. The summed E-state index contributed by atoms with van der Waals surface area (Å²) < 4.78 is 32.4. The van der Waals surface area contributed by atoms with Crippen molar-refractivity contribution in [1.29, 1.82) is 0 Å². The van der Waals surface area contributed by atoms with Gasteiger partial charge in [0.15, 0.2) is 0 Å². The fraction of sp³-hybridized carbons (Fsp3) is 0.200. The molecule has 0 radical (unpaired) electrons. The summed E-state index contributed by atoms with van der Waals surface area (Å²) >= 11 is 18.0. The zero-order valence-corrected chi connectivity index (χ0v) is 15.2. The van der Waals surface area contributed by atoms with Gasteiger partial charge in [0, 0.05) is 21.6 Å². The molecule has 0 fully saturated rings. The fourth-order valence-electron chi connectivity index (χ4n) is 2.02. The van der Waals surface area contributed by atoms with Gasteiger partial charge in [0.1, 0.15) is 10.6 Å². The molecule has 0 spiro atoms. The van der Waals surface area contributed by atoms with Crippen LogP contribution in [-0.2, 0) is 16.4 Å². The normalized spacial score (nSPS) is 11.5. The Balaban J connectivity index is 2.15. The molecule has 0 bridgehead atoms. The van der Waals surface area contributed by atoms with Crippen molar-refractivity contribution in [3.63, 3.8) is 0 Å². The van der Waals surface area contributed by atoms with Crippen molar-refractivity contribution in [2.75, 3.05) is 13.7 Å². The van der Waals surface area contributed by atoms with E-state index >= 15 is 0 Å². The monoisotopic (exact) mass is 393 g/mol. The van der Waals surface area contributed by atoms with Crippen molar-refractivity contribution in [2.24, 2.45) is 0 Å². The van der Waals surface area contributed by atoms with Crippen LogP contribution in [0.2, 0.25) is 15.1 Å². The molecule has 8 heteroatoms. The van der Waals surface area contributed by atoms with Crippen LogP contribution in [0.3, 0.4) is 0 Å². The second kappa shape index (κ2) is 7.73. The van der Waals surface area contributed by atoms with Crippen LogP contribution in [0, 0.1) is 0 Å². The highest BCUT2D eigenvalue weighted by atomic mass is 35.5. The van der Waals surface area contributed by atoms with Crippen molar-refractivity contribution in [2.45, 2.75) is 11.3 Å². The van der Waals surface area contributed by atoms with Gasteiger partial charge in [-0.2, -0.15) is 0 Å². The van der Waals surface area contributed by atoms with Crippen molar-refractivity contribution >= 4 is 44.8 Å². The molecule has 23 heavy (non-hydrogen) atoms. The number of nitrogens with one attached hydrogen (secondary N) is 1. The molecule has 2 aromatic rings. The van der Waals surface area contributed by atoms with E-state index in [2.05, 4.69) is 4.72 Å². The second-order valence-corrected chi connectivity index (χ2v) is 7.63. The fourth-order valence-corrected chi connectivity index (χ4v) is 4.07. The van der Waals surface area contributed by atoms with E-state index in [4.69, 9.17) is 39.5 Å². The zero-order chi connectivity index (χ0) is 17.0. The molecule has 0 saturated heterocycles. The zero-order valence-electron chi connectivity index (χ0n) is 12.1. The molecule has 0 aliphatic carbocycles. The molecule has 0 aliphatic heterocycles. The molecule has 0 aromatic heterocycles. The topological polar surface area (TPSA) is 55.4 Å². The molecule has 2 rings (SSSR count). The number of methoxy groups -OCH3 is 1. The van der Waals surface area contributed by atoms with Gasteiger partial charge in [0.05, 0.1) is 7.11 Å². The van der Waals surface area contributed by atoms with Crippen LogP contribution < -0.4 is 9.46 Å². The lowest BCUT2D eigenvalue weighted by molar-refractivity contribution is 0.402. The molecule has 124 valence electrons. The van der Waals surface area contributed by atoms with Crippen molar-refractivity contribution in [3.8, 4) is 5.75 Å². The number of halogens is 3. The van der Waals surface area contributed by atoms with E-state index in [0.717, 1.165) is 0 Å². The number of sulfonamides is 1. The first-order chi connectivity index (χ1) is 10.8. The molecule has 0 heterocycles. The van der Waals surface area contributed by atoms with Crippen LogP contribution in [0.15, 0.2) is 41.3 Å². The second-order valence-electron chi connectivity index (χ2n) is 4.64. The molecule has 4 nitrogen and oxygen atoms in total. The number of rotatable bonds is 6. The maximum absolute atomic E-state index is 12.4. The summed E-state index contributed by atoms with van der Waals surface area (Å²) in [6, 6.07) is 9.54. The van der Waals surface area contributed by atoms with E-state index in [1.165, 1.54) is 19.2 Å². The Morgan fingerprint density at radius 3 is 2.35 bits per heavy atom. The average Bonchev–Trinajstić information content (AvgIpc) is 2.50. The summed E-state index contributed by atoms with van der Waals surface area (Å²) in [5, 5.41) is 1.30. The SMILES string of the molecule is COc1ccc(Cl)cc1S(=O)(=O)NCCc1c(Cl)cccc1Cl. The minimum atomic E-state index is -3.77. The highest BCUT2D eigenvalue weighted by molar-refractivity contribution is 7.89. The van der Waals surface area contributed by atoms with E-state index in [1.807, 2.05) is 0 Å². The molecule has 0 saturated carbocycles. The van der Waals surface area contributed by atoms with Crippen molar-refractivity contribution in [1.82, 2.24) is 4.72 Å². The lowest BCUT2D eigenvalue weighted by Crippen LogP contribution is -2.26. The maximum Gasteiger partial charge on any atom is 0.244 e. The third kappa shape index (κ3) is 4.52. The standard InChI is InChI=1S/C15H14Cl3NO3S/c1-22-14-6-5-10(16)9-15(14)23(20,21)19-8-7-11-12(17)3-2-4-13(11)18/h2-6,9,19H,7-8H2,1H3. The highest BCUT2D eigenvalue weighted by Gasteiger charge is 2.20. The predicted molar refractivity (Wildman–Crippen MR) is 93.4 cm³/mol. The first kappa shape index (κ1) is 18.4. The molecule has 0 unspecified atom stereocenters. The Labute approximate surface area is 150 Å². The van der Waals surface area contributed by atoms with Crippen LogP contribution in [-0.4, -0.2) is 22.1 Å². The lowest BCUT2D eigenvalue weighted by atomic mass is 10.1. The minimum absolute atomic E-state index is 0.0160. The molecule has 0 aliphatic rings. The van der Waals surface area contributed by atoms with Gasteiger partial charge >= 0.3 is 0 Å². The minimum Gasteiger partial charge on any atom is -0.495 e. The van der Waals surface area contributed by atoms with Crippen LogP contribution in [0.1, 0.15) is 5.56 Å². The number of hydrogen-bond acceptors (Lipinski definition) is 3. The Hall–Kier alpha value is -0.980. The summed E-state index contributed by atoms with van der Waals surface area (Å²) in [6.45, 7) is 0.140. The molecule has 2 aromatic carbocycles. The van der Waals surface area contributed by atoms with E-state index in [9.17, 15) is 8.42 Å². The summed E-state index contributed by atoms with van der Waals surface area (Å²) in [7, 11) is -2.37. The summed E-state index contributed by atoms with van der Waals surface area (Å²) in [4.78, 5) is -0.0160. The third-order valence-electron chi connectivity index (χ3n) is 3.14. The van der Waals surface area contributed by atoms with Gasteiger partial charge in [-0.25, -0.2) is 13.1 Å². The average molecular weight is 395 g/mol. The predicted octanol–water partition coefficient (Wildman–Crippen LogP) is 4.18. The van der Waals surface area contributed by atoms with Crippen LogP contribution in [0.5, 0.6) is 5.75 Å². The van der Waals surface area contributed by atoms with Crippen molar-refractivity contribution in [3.05, 3.63) is 57.0 Å². The number of benzene rings is 2. The Morgan fingerprint density at radius 2 is 1.74 bits per heavy atom.